The van der Waals surface area contributed by atoms with Gasteiger partial charge in [-0.2, -0.15) is 4.31 Å². The first-order valence-corrected chi connectivity index (χ1v) is 7.36. The van der Waals surface area contributed by atoms with Crippen LogP contribution in [0.4, 0.5) is 0 Å². The lowest BCUT2D eigenvalue weighted by Crippen LogP contribution is -2.31. The number of benzene rings is 1. The molecule has 0 heterocycles. The first-order chi connectivity index (χ1) is 7.93. The highest BCUT2D eigenvalue weighted by molar-refractivity contribution is 9.10. The number of hydrogen-bond donors (Lipinski definition) is 0. The third-order valence-electron chi connectivity index (χ3n) is 2.33. The molecule has 0 spiro atoms. The van der Waals surface area contributed by atoms with Crippen molar-refractivity contribution in [1.82, 2.24) is 4.31 Å². The highest BCUT2D eigenvalue weighted by Crippen LogP contribution is 2.25. The molecule has 17 heavy (non-hydrogen) atoms. The zero-order chi connectivity index (χ0) is 13.1. The van der Waals surface area contributed by atoms with Gasteiger partial charge in [-0.3, -0.25) is 0 Å². The monoisotopic (exact) mass is 315 g/mol. The maximum atomic E-state index is 12.3. The van der Waals surface area contributed by atoms with Crippen LogP contribution in [0.5, 0.6) is 0 Å². The van der Waals surface area contributed by atoms with Gasteiger partial charge in [-0.15, -0.1) is 6.42 Å². The summed E-state index contributed by atoms with van der Waals surface area (Å²) in [5.41, 5.74) is 0.996. The van der Waals surface area contributed by atoms with Crippen LogP contribution in [0, 0.1) is 19.3 Å². The van der Waals surface area contributed by atoms with Crippen molar-refractivity contribution in [1.29, 1.82) is 0 Å². The Morgan fingerprint density at radius 2 is 2.12 bits per heavy atom. The predicted molar refractivity (Wildman–Crippen MR) is 72.1 cm³/mol. The quantitative estimate of drug-likeness (QED) is 0.800. The summed E-state index contributed by atoms with van der Waals surface area (Å²) in [5, 5.41) is 0. The fraction of sp³-hybridized carbons (Fsp3) is 0.333. The van der Waals surface area contributed by atoms with Gasteiger partial charge in [0.1, 0.15) is 0 Å². The van der Waals surface area contributed by atoms with Crippen LogP contribution in [-0.4, -0.2) is 25.8 Å². The molecule has 0 fully saturated rings. The van der Waals surface area contributed by atoms with Crippen LogP contribution in [0.25, 0.3) is 0 Å². The summed E-state index contributed by atoms with van der Waals surface area (Å²) in [4.78, 5) is 0.250. The Hall–Kier alpha value is -0.830. The Morgan fingerprint density at radius 1 is 1.47 bits per heavy atom. The van der Waals surface area contributed by atoms with Gasteiger partial charge in [-0.1, -0.05) is 18.9 Å². The number of aryl methyl sites for hydroxylation is 1. The second-order valence-electron chi connectivity index (χ2n) is 3.57. The normalized spacial score (nSPS) is 11.5. The van der Waals surface area contributed by atoms with Crippen molar-refractivity contribution in [3.05, 3.63) is 28.2 Å². The predicted octanol–water partition coefficient (Wildman–Crippen LogP) is 2.40. The van der Waals surface area contributed by atoms with Crippen LogP contribution in [-0.2, 0) is 10.0 Å². The molecule has 1 rings (SSSR count). The SMILES string of the molecule is C#CCN(CC)S(=O)(=O)c1ccc(C)cc1Br. The summed E-state index contributed by atoms with van der Waals surface area (Å²) < 4.78 is 26.4. The molecule has 0 aliphatic rings. The van der Waals surface area contributed by atoms with Gasteiger partial charge in [0.2, 0.25) is 10.0 Å². The van der Waals surface area contributed by atoms with Gasteiger partial charge in [0.05, 0.1) is 11.4 Å². The summed E-state index contributed by atoms with van der Waals surface area (Å²) >= 11 is 3.27. The van der Waals surface area contributed by atoms with Gasteiger partial charge < -0.3 is 0 Å². The zero-order valence-corrected chi connectivity index (χ0v) is 12.2. The molecule has 0 saturated carbocycles. The molecule has 1 aromatic rings. The molecule has 0 aliphatic heterocycles. The van der Waals surface area contributed by atoms with Crippen molar-refractivity contribution in [2.75, 3.05) is 13.1 Å². The van der Waals surface area contributed by atoms with E-state index in [4.69, 9.17) is 6.42 Å². The third-order valence-corrected chi connectivity index (χ3v) is 5.22. The van der Waals surface area contributed by atoms with Crippen molar-refractivity contribution in [3.8, 4) is 12.3 Å². The van der Waals surface area contributed by atoms with Crippen molar-refractivity contribution in [2.45, 2.75) is 18.7 Å². The van der Waals surface area contributed by atoms with Gasteiger partial charge in [0.25, 0.3) is 0 Å². The van der Waals surface area contributed by atoms with Crippen molar-refractivity contribution in [2.24, 2.45) is 0 Å². The van der Waals surface area contributed by atoms with E-state index >= 15 is 0 Å². The molecule has 92 valence electrons. The minimum absolute atomic E-state index is 0.0825. The Bertz CT molecular complexity index is 546. The first kappa shape index (κ1) is 14.2. The summed E-state index contributed by atoms with van der Waals surface area (Å²) in [6, 6.07) is 5.13. The average Bonchev–Trinajstić information content (AvgIpc) is 2.24. The van der Waals surface area contributed by atoms with Crippen molar-refractivity contribution in [3.63, 3.8) is 0 Å². The summed E-state index contributed by atoms with van der Waals surface area (Å²) in [6.45, 7) is 4.10. The van der Waals surface area contributed by atoms with Gasteiger partial charge >= 0.3 is 0 Å². The number of rotatable bonds is 4. The fourth-order valence-corrected chi connectivity index (χ4v) is 3.94. The van der Waals surface area contributed by atoms with Crippen LogP contribution in [0.2, 0.25) is 0 Å². The first-order valence-electron chi connectivity index (χ1n) is 5.13. The topological polar surface area (TPSA) is 37.4 Å². The van der Waals surface area contributed by atoms with E-state index in [1.807, 2.05) is 6.92 Å². The van der Waals surface area contributed by atoms with Crippen molar-refractivity contribution < 1.29 is 8.42 Å². The van der Waals surface area contributed by atoms with Gasteiger partial charge in [-0.25, -0.2) is 8.42 Å². The molecule has 0 amide bonds. The van der Waals surface area contributed by atoms with Gasteiger partial charge in [-0.05, 0) is 40.5 Å². The smallest absolute Gasteiger partial charge is 0.207 e. The fourth-order valence-electron chi connectivity index (χ4n) is 1.42. The number of halogens is 1. The van der Waals surface area contributed by atoms with Crippen LogP contribution in [0.3, 0.4) is 0 Å². The highest BCUT2D eigenvalue weighted by atomic mass is 79.9. The van der Waals surface area contributed by atoms with Crippen LogP contribution in [0.1, 0.15) is 12.5 Å². The number of terminal acetylenes is 1. The van der Waals surface area contributed by atoms with E-state index in [0.29, 0.717) is 11.0 Å². The summed E-state index contributed by atoms with van der Waals surface area (Å²) in [5.74, 6) is 2.36. The molecule has 0 unspecified atom stereocenters. The van der Waals surface area contributed by atoms with Gasteiger partial charge in [0, 0.05) is 11.0 Å². The van der Waals surface area contributed by atoms with E-state index < -0.39 is 10.0 Å². The number of hydrogen-bond acceptors (Lipinski definition) is 2. The molecular formula is C12H14BrNO2S. The third kappa shape index (κ3) is 3.09. The standard InChI is InChI=1S/C12H14BrNO2S/c1-4-8-14(5-2)17(15,16)12-7-6-10(3)9-11(12)13/h1,6-7,9H,5,8H2,2-3H3. The van der Waals surface area contributed by atoms with E-state index in [0.717, 1.165) is 5.56 Å². The van der Waals surface area contributed by atoms with E-state index in [1.54, 1.807) is 25.1 Å². The molecule has 0 atom stereocenters. The molecule has 0 radical (unpaired) electrons. The van der Waals surface area contributed by atoms with Crippen LogP contribution < -0.4 is 0 Å². The highest BCUT2D eigenvalue weighted by Gasteiger charge is 2.24. The zero-order valence-electron chi connectivity index (χ0n) is 9.77. The molecule has 0 saturated heterocycles. The second kappa shape index (κ2) is 5.67. The largest absolute Gasteiger partial charge is 0.245 e. The lowest BCUT2D eigenvalue weighted by Gasteiger charge is -2.18. The lowest BCUT2D eigenvalue weighted by atomic mass is 10.2. The molecule has 0 aromatic heterocycles. The lowest BCUT2D eigenvalue weighted by molar-refractivity contribution is 0.463. The Balaban J connectivity index is 3.26. The molecule has 1 aromatic carbocycles. The van der Waals surface area contributed by atoms with E-state index in [2.05, 4.69) is 21.9 Å². The summed E-state index contributed by atoms with van der Waals surface area (Å²) in [6.07, 6.45) is 5.17. The Morgan fingerprint density at radius 3 is 2.59 bits per heavy atom. The molecule has 5 heteroatoms. The molecule has 0 bridgehead atoms. The molecular weight excluding hydrogens is 302 g/mol. The number of nitrogens with zero attached hydrogens (tertiary/aromatic N) is 1. The van der Waals surface area contributed by atoms with Gasteiger partial charge in [0.15, 0.2) is 0 Å². The average molecular weight is 316 g/mol. The molecule has 0 aliphatic carbocycles. The Kier molecular flexibility index (Phi) is 4.75. The number of sulfonamides is 1. The minimum Gasteiger partial charge on any atom is -0.207 e. The van der Waals surface area contributed by atoms with Crippen LogP contribution >= 0.6 is 15.9 Å². The van der Waals surface area contributed by atoms with E-state index in [9.17, 15) is 8.42 Å². The van der Waals surface area contributed by atoms with E-state index in [1.165, 1.54) is 4.31 Å². The molecule has 3 nitrogen and oxygen atoms in total. The maximum absolute atomic E-state index is 12.3. The van der Waals surface area contributed by atoms with E-state index in [-0.39, 0.29) is 11.4 Å². The van der Waals surface area contributed by atoms with Crippen molar-refractivity contribution >= 4 is 26.0 Å². The van der Waals surface area contributed by atoms with Crippen LogP contribution in [0.15, 0.2) is 27.6 Å². The minimum atomic E-state index is -3.52. The maximum Gasteiger partial charge on any atom is 0.245 e. The molecule has 0 N–H and O–H groups in total. The Labute approximate surface area is 111 Å². The second-order valence-corrected chi connectivity index (χ2v) is 6.33. The summed E-state index contributed by atoms with van der Waals surface area (Å²) in [7, 11) is -3.52.